The molecule has 2 saturated carbocycles. The average Bonchev–Trinajstić information content (AvgIpc) is 3.12. The van der Waals surface area contributed by atoms with Gasteiger partial charge in [-0.3, -0.25) is 14.4 Å². The van der Waals surface area contributed by atoms with Crippen molar-refractivity contribution in [1.82, 2.24) is 0 Å². The van der Waals surface area contributed by atoms with E-state index in [1.807, 2.05) is 13.0 Å². The van der Waals surface area contributed by atoms with Crippen molar-refractivity contribution in [3.8, 4) is 0 Å². The molecule has 0 amide bonds. The third-order valence-corrected chi connectivity index (χ3v) is 6.34. The highest BCUT2D eigenvalue weighted by Crippen LogP contribution is 2.80. The Balaban J connectivity index is 2.11. The van der Waals surface area contributed by atoms with Gasteiger partial charge in [-0.1, -0.05) is 13.0 Å². The Labute approximate surface area is 135 Å². The second kappa shape index (κ2) is 4.86. The number of rotatable bonds is 5. The van der Waals surface area contributed by atoms with E-state index in [4.69, 9.17) is 4.74 Å². The van der Waals surface area contributed by atoms with Gasteiger partial charge in [0.05, 0.1) is 12.0 Å². The lowest BCUT2D eigenvalue weighted by atomic mass is 9.60. The van der Waals surface area contributed by atoms with Gasteiger partial charge in [-0.15, -0.1) is 0 Å². The molecule has 3 rings (SSSR count). The normalized spacial score (nSPS) is 41.0. The van der Waals surface area contributed by atoms with Gasteiger partial charge in [0.2, 0.25) is 0 Å². The maximum atomic E-state index is 13.3. The first-order valence-corrected chi connectivity index (χ1v) is 8.20. The summed E-state index contributed by atoms with van der Waals surface area (Å²) in [6.07, 6.45) is 4.00. The fourth-order valence-electron chi connectivity index (χ4n) is 5.15. The molecule has 5 heteroatoms. The quantitative estimate of drug-likeness (QED) is 0.440. The zero-order chi connectivity index (χ0) is 17.0. The van der Waals surface area contributed by atoms with Crippen LogP contribution in [0.15, 0.2) is 11.6 Å². The summed E-state index contributed by atoms with van der Waals surface area (Å²) in [6, 6.07) is 0. The minimum Gasteiger partial charge on any atom is -0.465 e. The topological polar surface area (TPSA) is 77.5 Å². The summed E-state index contributed by atoms with van der Waals surface area (Å²) in [7, 11) is 0. The summed E-state index contributed by atoms with van der Waals surface area (Å²) in [5, 5.41) is 0. The minimum absolute atomic E-state index is 0.149. The number of allylic oxidation sites excluding steroid dienone is 2. The largest absolute Gasteiger partial charge is 0.465 e. The van der Waals surface area contributed by atoms with Gasteiger partial charge in [-0.25, -0.2) is 0 Å². The van der Waals surface area contributed by atoms with Crippen molar-refractivity contribution < 1.29 is 23.9 Å². The molecule has 5 nitrogen and oxygen atoms in total. The predicted octanol–water partition coefficient (Wildman–Crippen LogP) is 2.03. The molecule has 0 aromatic rings. The van der Waals surface area contributed by atoms with Gasteiger partial charge in [0.25, 0.3) is 0 Å². The van der Waals surface area contributed by atoms with Crippen LogP contribution in [0.1, 0.15) is 46.5 Å². The molecule has 0 aliphatic heterocycles. The van der Waals surface area contributed by atoms with Crippen molar-refractivity contribution >= 4 is 23.8 Å². The van der Waals surface area contributed by atoms with E-state index in [0.717, 1.165) is 6.29 Å². The Hall–Kier alpha value is -1.78. The SMILES string of the molecule is CCOC(=O)C12CC1(C)[C@@H]1CC=C(C)C(=O)[C@]1(CCC=O)C2=O. The number of ether oxygens (including phenoxy) is 1. The standard InChI is InChI=1S/C18H22O5/c1-4-23-15(22)18-10-16(18,3)12-7-6-11(2)13(20)17(12,14(18)21)8-5-9-19/h6,9,12H,4-5,7-8,10H2,1-3H3/t12-,16?,17+,18?/m0/s1. The number of hydrogen-bond acceptors (Lipinski definition) is 5. The molecule has 3 aliphatic rings. The van der Waals surface area contributed by atoms with Crippen LogP contribution in [-0.2, 0) is 23.9 Å². The number of aldehydes is 1. The summed E-state index contributed by atoms with van der Waals surface area (Å²) in [4.78, 5) is 49.7. The number of Topliss-reactive ketones (excluding diaryl/α,β-unsaturated/α-hetero) is 2. The Bertz CT molecular complexity index is 648. The smallest absolute Gasteiger partial charge is 0.320 e. The molecule has 0 N–H and O–H groups in total. The van der Waals surface area contributed by atoms with Crippen molar-refractivity contribution in [2.75, 3.05) is 6.61 Å². The minimum atomic E-state index is -1.22. The number of ketones is 2. The molecule has 2 unspecified atom stereocenters. The molecule has 0 heterocycles. The van der Waals surface area contributed by atoms with Crippen molar-refractivity contribution in [3.05, 3.63) is 11.6 Å². The van der Waals surface area contributed by atoms with E-state index in [-0.39, 0.29) is 36.9 Å². The second-order valence-electron chi connectivity index (χ2n) is 7.23. The van der Waals surface area contributed by atoms with Crippen LogP contribution in [0.2, 0.25) is 0 Å². The van der Waals surface area contributed by atoms with Crippen molar-refractivity contribution in [3.63, 3.8) is 0 Å². The summed E-state index contributed by atoms with van der Waals surface area (Å²) in [6.45, 7) is 5.54. The molecule has 0 aromatic carbocycles. The molecule has 2 fully saturated rings. The first-order chi connectivity index (χ1) is 10.8. The zero-order valence-electron chi connectivity index (χ0n) is 13.8. The number of carbonyl (C=O) groups excluding carboxylic acids is 4. The van der Waals surface area contributed by atoms with E-state index in [9.17, 15) is 19.2 Å². The van der Waals surface area contributed by atoms with Crippen LogP contribution in [0, 0.1) is 22.2 Å². The molecule has 0 bridgehead atoms. The van der Waals surface area contributed by atoms with Gasteiger partial charge in [0.1, 0.15) is 11.7 Å². The summed E-state index contributed by atoms with van der Waals surface area (Å²) in [5.74, 6) is -1.24. The van der Waals surface area contributed by atoms with Crippen LogP contribution < -0.4 is 0 Å². The Morgan fingerprint density at radius 1 is 1.43 bits per heavy atom. The van der Waals surface area contributed by atoms with E-state index in [1.165, 1.54) is 0 Å². The fourth-order valence-corrected chi connectivity index (χ4v) is 5.15. The van der Waals surface area contributed by atoms with E-state index in [0.29, 0.717) is 18.4 Å². The van der Waals surface area contributed by atoms with Crippen molar-refractivity contribution in [2.45, 2.75) is 46.5 Å². The molecule has 3 aliphatic carbocycles. The number of carbonyl (C=O) groups is 4. The van der Waals surface area contributed by atoms with Crippen LogP contribution in [0.25, 0.3) is 0 Å². The second-order valence-corrected chi connectivity index (χ2v) is 7.23. The molecule has 0 saturated heterocycles. The van der Waals surface area contributed by atoms with Gasteiger partial charge >= 0.3 is 5.97 Å². The number of esters is 1. The van der Waals surface area contributed by atoms with Crippen LogP contribution in [0.3, 0.4) is 0 Å². The lowest BCUT2D eigenvalue weighted by Gasteiger charge is -2.39. The Morgan fingerprint density at radius 3 is 2.74 bits per heavy atom. The third-order valence-electron chi connectivity index (χ3n) is 6.34. The molecule has 124 valence electrons. The van der Waals surface area contributed by atoms with E-state index in [2.05, 4.69) is 0 Å². The summed E-state index contributed by atoms with van der Waals surface area (Å²) >= 11 is 0. The highest BCUT2D eigenvalue weighted by atomic mass is 16.5. The van der Waals surface area contributed by atoms with Crippen LogP contribution in [-0.4, -0.2) is 30.4 Å². The van der Waals surface area contributed by atoms with Crippen LogP contribution in [0.4, 0.5) is 0 Å². The van der Waals surface area contributed by atoms with E-state index in [1.54, 1.807) is 13.8 Å². The predicted molar refractivity (Wildman–Crippen MR) is 81.4 cm³/mol. The highest BCUT2D eigenvalue weighted by molar-refractivity contribution is 6.25. The molecular weight excluding hydrogens is 296 g/mol. The number of fused-ring (bicyclic) bond motifs is 3. The van der Waals surface area contributed by atoms with Gasteiger partial charge in [-0.05, 0) is 50.0 Å². The van der Waals surface area contributed by atoms with Gasteiger partial charge in [0, 0.05) is 6.42 Å². The van der Waals surface area contributed by atoms with Gasteiger partial charge < -0.3 is 9.53 Å². The molecule has 0 aromatic heterocycles. The van der Waals surface area contributed by atoms with Gasteiger partial charge in [0.15, 0.2) is 11.6 Å². The number of hydrogen-bond donors (Lipinski definition) is 0. The van der Waals surface area contributed by atoms with Gasteiger partial charge in [-0.2, -0.15) is 0 Å². The van der Waals surface area contributed by atoms with Crippen molar-refractivity contribution in [1.29, 1.82) is 0 Å². The molecule has 0 spiro atoms. The fraction of sp³-hybridized carbons (Fsp3) is 0.667. The lowest BCUT2D eigenvalue weighted by Crippen LogP contribution is -2.48. The zero-order valence-corrected chi connectivity index (χ0v) is 13.8. The monoisotopic (exact) mass is 318 g/mol. The molecular formula is C18H22O5. The first kappa shape index (κ1) is 16.1. The Morgan fingerprint density at radius 2 is 2.13 bits per heavy atom. The Kier molecular flexibility index (Phi) is 3.40. The highest BCUT2D eigenvalue weighted by Gasteiger charge is 2.88. The molecule has 23 heavy (non-hydrogen) atoms. The van der Waals surface area contributed by atoms with Crippen LogP contribution >= 0.6 is 0 Å². The average molecular weight is 318 g/mol. The van der Waals surface area contributed by atoms with E-state index >= 15 is 0 Å². The molecule has 0 radical (unpaired) electrons. The maximum Gasteiger partial charge on any atom is 0.320 e. The van der Waals surface area contributed by atoms with Crippen molar-refractivity contribution in [2.24, 2.45) is 22.2 Å². The third kappa shape index (κ3) is 1.63. The molecule has 4 atom stereocenters. The maximum absolute atomic E-state index is 13.3. The summed E-state index contributed by atoms with van der Waals surface area (Å²) in [5.41, 5.74) is -2.39. The first-order valence-electron chi connectivity index (χ1n) is 8.20. The van der Waals surface area contributed by atoms with E-state index < -0.39 is 22.2 Å². The summed E-state index contributed by atoms with van der Waals surface area (Å²) < 4.78 is 5.17. The van der Waals surface area contributed by atoms with Crippen LogP contribution in [0.5, 0.6) is 0 Å². The lowest BCUT2D eigenvalue weighted by molar-refractivity contribution is -0.156.